The number of ketones is 1. The van der Waals surface area contributed by atoms with Gasteiger partial charge in [-0.3, -0.25) is 24.2 Å². The first-order chi connectivity index (χ1) is 29.2. The molecule has 9 unspecified atom stereocenters. The summed E-state index contributed by atoms with van der Waals surface area (Å²) in [4.78, 5) is 60.6. The Labute approximate surface area is 361 Å². The van der Waals surface area contributed by atoms with E-state index in [1.54, 1.807) is 64.7 Å². The molecule has 1 spiro atoms. The van der Waals surface area contributed by atoms with Crippen LogP contribution >= 0.6 is 0 Å². The number of oxime groups is 1. The molecule has 1 fully saturated rings. The third-order valence-electron chi connectivity index (χ3n) is 13.0. The van der Waals surface area contributed by atoms with Crippen molar-refractivity contribution in [3.05, 3.63) is 69.8 Å². The predicted octanol–water partition coefficient (Wildman–Crippen LogP) is 3.89. The fourth-order valence-corrected chi connectivity index (χ4v) is 9.16. The third kappa shape index (κ3) is 8.13. The molecule has 0 saturated carbocycles. The van der Waals surface area contributed by atoms with Crippen LogP contribution in [-0.2, 0) is 28.6 Å². The summed E-state index contributed by atoms with van der Waals surface area (Å²) in [5.41, 5.74) is -0.570. The van der Waals surface area contributed by atoms with E-state index in [0.717, 1.165) is 0 Å². The van der Waals surface area contributed by atoms with Crippen molar-refractivity contribution >= 4 is 35.0 Å². The van der Waals surface area contributed by atoms with Gasteiger partial charge >= 0.3 is 5.97 Å². The van der Waals surface area contributed by atoms with Crippen molar-refractivity contribution in [1.29, 1.82) is 0 Å². The molecule has 1 aromatic carbocycles. The van der Waals surface area contributed by atoms with Crippen molar-refractivity contribution in [3.63, 3.8) is 0 Å². The number of hydrogen-bond donors (Lipinski definition) is 6. The number of nitrogens with zero attached hydrogens (tertiary/aromatic N) is 3. The topological polar surface area (TPSA) is 238 Å². The van der Waals surface area contributed by atoms with Gasteiger partial charge in [-0.05, 0) is 19.9 Å². The molecule has 17 nitrogen and oxygen atoms in total. The monoisotopic (exact) mass is 861 g/mol. The maximum atomic E-state index is 14.8. The number of carbonyl (C=O) groups is 4. The first-order valence-corrected chi connectivity index (χ1v) is 21.1. The molecule has 6 aliphatic rings. The van der Waals surface area contributed by atoms with Crippen LogP contribution in [0.5, 0.6) is 11.5 Å². The number of likely N-dealkylation sites (tertiary alicyclic amines) is 1. The summed E-state index contributed by atoms with van der Waals surface area (Å²) in [7, 11) is 1.46. The second kappa shape index (κ2) is 17.7. The molecule has 1 aliphatic carbocycles. The standard InChI is InChI=1S/C45H59N5O12/c1-11-29(52)50-18-16-45(17-19-50)47-33-30-31-38(55)26(7)41-32(30)42(49-58)44(9,62-41)60-20-15-28(59-10)23(4)40(61-27(8)51)25(6)37(54)24(5)36(53)21(2)13-12-14-22(3)43(57)46-35(39(31)56)34(33)48-45/h12-15,20-21,23-25,28,36-37,40,48,53-55,58H,11,16-19H2,1-10H3,(H,46,57)/b13-12+,20-15+,22-14-,49-42-. The number of aliphatic hydroxyl groups is 2. The molecule has 1 saturated heterocycles. The van der Waals surface area contributed by atoms with Gasteiger partial charge in [0.2, 0.25) is 11.7 Å². The number of aliphatic hydroxyl groups excluding tert-OH is 2. The number of amides is 2. The maximum Gasteiger partial charge on any atom is 0.302 e. The van der Waals surface area contributed by atoms with Gasteiger partial charge in [-0.1, -0.05) is 58.0 Å². The van der Waals surface area contributed by atoms with E-state index in [0.29, 0.717) is 32.4 Å². The van der Waals surface area contributed by atoms with Crippen molar-refractivity contribution < 1.29 is 58.7 Å². The smallest absolute Gasteiger partial charge is 0.302 e. The van der Waals surface area contributed by atoms with Gasteiger partial charge in [-0.2, -0.15) is 0 Å². The highest BCUT2D eigenvalue weighted by Crippen LogP contribution is 2.50. The summed E-state index contributed by atoms with van der Waals surface area (Å²) in [5, 5.41) is 55.4. The number of carbonyl (C=O) groups excluding carboxylic acids is 4. The highest BCUT2D eigenvalue weighted by Gasteiger charge is 2.54. The van der Waals surface area contributed by atoms with Crippen LogP contribution in [0.25, 0.3) is 0 Å². The van der Waals surface area contributed by atoms with Crippen molar-refractivity contribution in [3.8, 4) is 11.5 Å². The zero-order valence-corrected chi connectivity index (χ0v) is 36.9. The first kappa shape index (κ1) is 46.0. The number of esters is 1. The normalized spacial score (nSPS) is 33.7. The van der Waals surface area contributed by atoms with Crippen molar-refractivity contribution in [2.24, 2.45) is 33.8 Å². The van der Waals surface area contributed by atoms with Crippen LogP contribution in [0.2, 0.25) is 0 Å². The number of phenols is 1. The molecule has 2 amide bonds. The van der Waals surface area contributed by atoms with Gasteiger partial charge in [0.25, 0.3) is 11.7 Å². The number of allylic oxidation sites excluding steroid dienone is 4. The number of piperidine rings is 1. The number of nitrogens with one attached hydrogen (secondary N) is 2. The number of phenolic OH excluding ortho intramolecular Hbond substituents is 1. The number of benzene rings is 1. The second-order valence-electron chi connectivity index (χ2n) is 17.2. The van der Waals surface area contributed by atoms with E-state index in [2.05, 4.69) is 15.8 Å². The van der Waals surface area contributed by atoms with Crippen LogP contribution in [0.15, 0.2) is 57.7 Å². The van der Waals surface area contributed by atoms with Gasteiger partial charge in [0.05, 0.1) is 47.1 Å². The molecule has 0 radical (unpaired) electrons. The molecular weight excluding hydrogens is 803 g/mol. The molecular formula is C45H59N5O12. The van der Waals surface area contributed by atoms with Gasteiger partial charge in [-0.25, -0.2) is 0 Å². The predicted molar refractivity (Wildman–Crippen MR) is 226 cm³/mol. The first-order valence-electron chi connectivity index (χ1n) is 21.1. The highest BCUT2D eigenvalue weighted by molar-refractivity contribution is 6.35. The third-order valence-corrected chi connectivity index (χ3v) is 13.0. The molecule has 5 aliphatic heterocycles. The average Bonchev–Trinajstić information content (AvgIpc) is 3.76. The van der Waals surface area contributed by atoms with Gasteiger partial charge < -0.3 is 55.0 Å². The van der Waals surface area contributed by atoms with Gasteiger partial charge in [0.1, 0.15) is 29.0 Å². The number of fused-ring (bicyclic) bond motifs is 13. The van der Waals surface area contributed by atoms with E-state index < -0.39 is 82.9 Å². The molecule has 1 aromatic rings. The number of methoxy groups -OCH3 is 1. The minimum absolute atomic E-state index is 0.00630. The fourth-order valence-electron chi connectivity index (χ4n) is 9.16. The molecule has 5 bridgehead atoms. The average molecular weight is 862 g/mol. The van der Waals surface area contributed by atoms with Crippen molar-refractivity contribution in [2.75, 3.05) is 20.2 Å². The van der Waals surface area contributed by atoms with Gasteiger partial charge in [-0.15, -0.1) is 0 Å². The molecule has 62 heavy (non-hydrogen) atoms. The Morgan fingerprint density at radius 1 is 1.00 bits per heavy atom. The molecule has 7 rings (SSSR count). The van der Waals surface area contributed by atoms with Crippen molar-refractivity contribution in [2.45, 2.75) is 117 Å². The number of Topliss-reactive ketones (excluding diaryl/α,β-unsaturated/α-hetero) is 1. The highest BCUT2D eigenvalue weighted by atomic mass is 16.7. The van der Waals surface area contributed by atoms with Crippen LogP contribution in [0.3, 0.4) is 0 Å². The van der Waals surface area contributed by atoms with Crippen LogP contribution in [0.4, 0.5) is 0 Å². The minimum Gasteiger partial charge on any atom is -0.507 e. The molecule has 6 N–H and O–H groups in total. The van der Waals surface area contributed by atoms with E-state index in [4.69, 9.17) is 23.9 Å². The minimum atomic E-state index is -1.86. The number of rotatable bonds is 3. The number of ether oxygens (including phenoxy) is 4. The molecule has 9 atom stereocenters. The van der Waals surface area contributed by atoms with Crippen LogP contribution in [0.1, 0.15) is 102 Å². The molecule has 17 heteroatoms. The molecule has 5 heterocycles. The van der Waals surface area contributed by atoms with Gasteiger partial charge in [0.15, 0.2) is 5.71 Å². The number of aliphatic imine (C=N–C) groups is 1. The van der Waals surface area contributed by atoms with E-state index in [9.17, 15) is 39.7 Å². The lowest BCUT2D eigenvalue weighted by molar-refractivity contribution is -0.160. The quantitative estimate of drug-likeness (QED) is 0.144. The van der Waals surface area contributed by atoms with E-state index in [-0.39, 0.29) is 62.3 Å². The van der Waals surface area contributed by atoms with Crippen LogP contribution < -0.4 is 15.4 Å². The summed E-state index contributed by atoms with van der Waals surface area (Å²) in [5.74, 6) is -6.65. The zero-order valence-electron chi connectivity index (χ0n) is 36.9. The summed E-state index contributed by atoms with van der Waals surface area (Å²) in [6.07, 6.45) is 4.86. The summed E-state index contributed by atoms with van der Waals surface area (Å²) in [6, 6.07) is 0. The lowest BCUT2D eigenvalue weighted by atomic mass is 9.78. The summed E-state index contributed by atoms with van der Waals surface area (Å²) >= 11 is 0. The summed E-state index contributed by atoms with van der Waals surface area (Å²) < 4.78 is 24.2. The van der Waals surface area contributed by atoms with Crippen LogP contribution in [-0.4, -0.2) is 116 Å². The Morgan fingerprint density at radius 2 is 1.68 bits per heavy atom. The Morgan fingerprint density at radius 3 is 2.29 bits per heavy atom. The molecule has 0 aromatic heterocycles. The number of hydrogen-bond acceptors (Lipinski definition) is 15. The lowest BCUT2D eigenvalue weighted by Crippen LogP contribution is -2.51. The van der Waals surface area contributed by atoms with Crippen LogP contribution in [0, 0.1) is 30.6 Å². The SMILES string of the molecule is CCC(=O)N1CCC2(CC1)N=C1C(=C3NC(=O)/C(C)=C\C=C\C(C)C(O)C(C)C(O)C(C)C(OC(C)=O)C(C)C(OC)/C=C/OC4(C)Oc5c(C)c(O)c(c1c5/C4=N/O)C3=O)N2. The van der Waals surface area contributed by atoms with Crippen molar-refractivity contribution in [1.82, 2.24) is 15.5 Å². The zero-order chi connectivity index (χ0) is 45.6. The Bertz CT molecular complexity index is 2200. The number of aromatic hydroxyl groups is 1. The van der Waals surface area contributed by atoms with E-state index in [1.807, 2.05) is 0 Å². The second-order valence-corrected chi connectivity index (χ2v) is 17.2. The summed E-state index contributed by atoms with van der Waals surface area (Å²) in [6.45, 7) is 15.3. The Kier molecular flexibility index (Phi) is 13.1. The Balaban J connectivity index is 1.52. The maximum absolute atomic E-state index is 14.8. The fraction of sp³-hybridized carbons (Fsp3) is 0.556. The Hall–Kier alpha value is -5.52. The van der Waals surface area contributed by atoms with E-state index in [1.165, 1.54) is 40.2 Å². The lowest BCUT2D eigenvalue weighted by Gasteiger charge is -2.38. The molecule has 336 valence electrons. The van der Waals surface area contributed by atoms with Gasteiger partial charge in [0, 0.05) is 93.7 Å². The van der Waals surface area contributed by atoms with E-state index >= 15 is 0 Å². The largest absolute Gasteiger partial charge is 0.507 e.